The van der Waals surface area contributed by atoms with Gasteiger partial charge in [0.05, 0.1) is 0 Å². The number of benzene rings is 1. The van der Waals surface area contributed by atoms with E-state index < -0.39 is 0 Å². The molecule has 0 radical (unpaired) electrons. The monoisotopic (exact) mass is 407 g/mol. The average molecular weight is 408 g/mol. The lowest BCUT2D eigenvalue weighted by atomic mass is 10.2. The Bertz CT molecular complexity index is 904. The summed E-state index contributed by atoms with van der Waals surface area (Å²) < 4.78 is 15.2. The number of hydrogen-bond donors (Lipinski definition) is 0. The second kappa shape index (κ2) is 8.84. The molecule has 0 aliphatic heterocycles. The molecule has 2 aromatic heterocycles. The maximum atomic E-state index is 13.2. The maximum Gasteiger partial charge on any atom is 0.192 e. The molecule has 2 heterocycles. The van der Waals surface area contributed by atoms with Crippen LogP contribution >= 0.6 is 34.7 Å². The van der Waals surface area contributed by atoms with E-state index in [9.17, 15) is 4.39 Å². The summed E-state index contributed by atoms with van der Waals surface area (Å²) in [5.41, 5.74) is 1.95. The largest absolute Gasteiger partial charge is 0.298 e. The molecule has 0 amide bonds. The van der Waals surface area contributed by atoms with Crippen LogP contribution in [0.25, 0.3) is 11.4 Å². The van der Waals surface area contributed by atoms with E-state index in [4.69, 9.17) is 11.6 Å². The Morgan fingerprint density at radius 1 is 1.35 bits per heavy atom. The Kier molecular flexibility index (Phi) is 6.51. The Hall–Kier alpha value is -1.63. The van der Waals surface area contributed by atoms with Crippen molar-refractivity contribution in [3.8, 4) is 11.4 Å². The first-order chi connectivity index (χ1) is 12.6. The average Bonchev–Trinajstić information content (AvgIpc) is 3.22. The number of aryl methyl sites for hydroxylation is 1. The highest BCUT2D eigenvalue weighted by atomic mass is 35.5. The molecule has 0 aliphatic rings. The number of aromatic nitrogens is 3. The fourth-order valence-electron chi connectivity index (χ4n) is 2.56. The molecule has 0 spiro atoms. The number of nitrogens with zero attached hydrogens (tertiary/aromatic N) is 3. The van der Waals surface area contributed by atoms with E-state index in [1.165, 1.54) is 28.8 Å². The number of thiophene rings is 1. The van der Waals surface area contributed by atoms with Crippen LogP contribution in [0, 0.1) is 5.82 Å². The van der Waals surface area contributed by atoms with Crippen LogP contribution in [0.2, 0.25) is 5.02 Å². The standard InChI is InChI=1S/C19H19ClFN3S2/c1-3-5-16-9-14(12-25-16)18-22-23-19(24(18)8-4-2)26-11-13-6-7-15(21)10-17(13)20/h4,6-7,9-10,12H,2-3,5,8,11H2,1H3. The molecule has 0 aliphatic carbocycles. The van der Waals surface area contributed by atoms with Crippen LogP contribution in [-0.2, 0) is 18.7 Å². The van der Waals surface area contributed by atoms with Crippen molar-refractivity contribution in [1.29, 1.82) is 0 Å². The summed E-state index contributed by atoms with van der Waals surface area (Å²) in [4.78, 5) is 1.35. The predicted octanol–water partition coefficient (Wildman–Crippen LogP) is 6.23. The maximum absolute atomic E-state index is 13.2. The van der Waals surface area contributed by atoms with Crippen molar-refractivity contribution in [2.24, 2.45) is 0 Å². The molecule has 0 bridgehead atoms. The lowest BCUT2D eigenvalue weighted by molar-refractivity contribution is 0.627. The third kappa shape index (κ3) is 4.37. The van der Waals surface area contributed by atoms with Gasteiger partial charge in [-0.05, 0) is 30.2 Å². The zero-order valence-corrected chi connectivity index (χ0v) is 16.8. The van der Waals surface area contributed by atoms with E-state index in [2.05, 4.69) is 35.1 Å². The molecule has 7 heteroatoms. The van der Waals surface area contributed by atoms with Crippen LogP contribution in [0.15, 0.2) is 47.5 Å². The number of rotatable bonds is 8. The van der Waals surface area contributed by atoms with Gasteiger partial charge in [-0.3, -0.25) is 4.57 Å². The summed E-state index contributed by atoms with van der Waals surface area (Å²) in [6.07, 6.45) is 4.03. The van der Waals surface area contributed by atoms with Crippen molar-refractivity contribution in [1.82, 2.24) is 14.8 Å². The van der Waals surface area contributed by atoms with Crippen LogP contribution in [0.3, 0.4) is 0 Å². The van der Waals surface area contributed by atoms with Crippen LogP contribution in [0.1, 0.15) is 23.8 Å². The van der Waals surface area contributed by atoms with Crippen molar-refractivity contribution in [3.05, 3.63) is 63.6 Å². The molecule has 0 unspecified atom stereocenters. The molecule has 1 aromatic carbocycles. The zero-order chi connectivity index (χ0) is 18.5. The van der Waals surface area contributed by atoms with E-state index in [1.54, 1.807) is 17.4 Å². The van der Waals surface area contributed by atoms with Gasteiger partial charge in [0, 0.05) is 33.1 Å². The van der Waals surface area contributed by atoms with Gasteiger partial charge in [0.15, 0.2) is 11.0 Å². The molecular weight excluding hydrogens is 389 g/mol. The SMILES string of the molecule is C=CCn1c(SCc2ccc(F)cc2Cl)nnc1-c1csc(CCC)c1. The highest BCUT2D eigenvalue weighted by Gasteiger charge is 2.15. The summed E-state index contributed by atoms with van der Waals surface area (Å²) in [6, 6.07) is 6.64. The topological polar surface area (TPSA) is 30.7 Å². The lowest BCUT2D eigenvalue weighted by Crippen LogP contribution is -2.00. The molecule has 3 aromatic rings. The van der Waals surface area contributed by atoms with E-state index in [-0.39, 0.29) is 5.82 Å². The summed E-state index contributed by atoms with van der Waals surface area (Å²) >= 11 is 9.40. The summed E-state index contributed by atoms with van der Waals surface area (Å²) in [7, 11) is 0. The Morgan fingerprint density at radius 2 is 2.19 bits per heavy atom. The quantitative estimate of drug-likeness (QED) is 0.327. The van der Waals surface area contributed by atoms with E-state index in [0.29, 0.717) is 17.3 Å². The van der Waals surface area contributed by atoms with Gasteiger partial charge in [0.1, 0.15) is 5.82 Å². The van der Waals surface area contributed by atoms with Crippen LogP contribution in [0.4, 0.5) is 4.39 Å². The van der Waals surface area contributed by atoms with Crippen molar-refractivity contribution >= 4 is 34.7 Å². The van der Waals surface area contributed by atoms with Gasteiger partial charge >= 0.3 is 0 Å². The highest BCUT2D eigenvalue weighted by molar-refractivity contribution is 7.98. The predicted molar refractivity (Wildman–Crippen MR) is 108 cm³/mol. The van der Waals surface area contributed by atoms with Crippen molar-refractivity contribution < 1.29 is 4.39 Å². The van der Waals surface area contributed by atoms with Gasteiger partial charge < -0.3 is 0 Å². The Balaban J connectivity index is 1.83. The number of allylic oxidation sites excluding steroid dienone is 1. The Labute approximate surface area is 165 Å². The smallest absolute Gasteiger partial charge is 0.192 e. The van der Waals surface area contributed by atoms with Crippen molar-refractivity contribution in [3.63, 3.8) is 0 Å². The van der Waals surface area contributed by atoms with Crippen LogP contribution in [-0.4, -0.2) is 14.8 Å². The second-order valence-electron chi connectivity index (χ2n) is 5.78. The summed E-state index contributed by atoms with van der Waals surface area (Å²) in [5.74, 6) is 1.11. The second-order valence-corrected chi connectivity index (χ2v) is 8.13. The fraction of sp³-hybridized carbons (Fsp3) is 0.263. The molecule has 3 rings (SSSR count). The van der Waals surface area contributed by atoms with Crippen LogP contribution < -0.4 is 0 Å². The van der Waals surface area contributed by atoms with Gasteiger partial charge in [0.25, 0.3) is 0 Å². The molecule has 0 N–H and O–H groups in total. The van der Waals surface area contributed by atoms with Gasteiger partial charge in [-0.15, -0.1) is 28.1 Å². The fourth-order valence-corrected chi connectivity index (χ4v) is 4.79. The first-order valence-corrected chi connectivity index (χ1v) is 10.5. The van der Waals surface area contributed by atoms with Gasteiger partial charge in [-0.1, -0.05) is 48.8 Å². The lowest BCUT2D eigenvalue weighted by Gasteiger charge is -2.07. The number of halogens is 2. The number of hydrogen-bond acceptors (Lipinski definition) is 4. The third-order valence-corrected chi connectivity index (χ3v) is 6.17. The molecule has 0 saturated carbocycles. The van der Waals surface area contributed by atoms with E-state index >= 15 is 0 Å². The highest BCUT2D eigenvalue weighted by Crippen LogP contribution is 2.31. The minimum Gasteiger partial charge on any atom is -0.298 e. The normalized spacial score (nSPS) is 11.0. The third-order valence-electron chi connectivity index (χ3n) is 3.81. The minimum absolute atomic E-state index is 0.332. The molecular formula is C19H19ClFN3S2. The molecule has 0 fully saturated rings. The van der Waals surface area contributed by atoms with Crippen molar-refractivity contribution in [2.75, 3.05) is 0 Å². The van der Waals surface area contributed by atoms with E-state index in [1.807, 2.05) is 10.6 Å². The van der Waals surface area contributed by atoms with Crippen LogP contribution in [0.5, 0.6) is 0 Å². The molecule has 3 nitrogen and oxygen atoms in total. The first-order valence-electron chi connectivity index (χ1n) is 8.31. The Morgan fingerprint density at radius 3 is 2.92 bits per heavy atom. The number of thioether (sulfide) groups is 1. The minimum atomic E-state index is -0.332. The molecule has 0 atom stereocenters. The van der Waals surface area contributed by atoms with Gasteiger partial charge in [-0.2, -0.15) is 0 Å². The summed E-state index contributed by atoms with van der Waals surface area (Å²) in [5, 5.41) is 12.1. The molecule has 136 valence electrons. The van der Waals surface area contributed by atoms with E-state index in [0.717, 1.165) is 34.9 Å². The summed E-state index contributed by atoms with van der Waals surface area (Å²) in [6.45, 7) is 6.64. The first kappa shape index (κ1) is 19.1. The molecule has 0 saturated heterocycles. The molecule has 26 heavy (non-hydrogen) atoms. The zero-order valence-electron chi connectivity index (χ0n) is 14.4. The van der Waals surface area contributed by atoms with Gasteiger partial charge in [-0.25, -0.2) is 4.39 Å². The van der Waals surface area contributed by atoms with Crippen molar-refractivity contribution in [2.45, 2.75) is 37.2 Å². The van der Waals surface area contributed by atoms with Gasteiger partial charge in [0.2, 0.25) is 0 Å².